The summed E-state index contributed by atoms with van der Waals surface area (Å²) in [6.45, 7) is 0. The lowest BCUT2D eigenvalue weighted by atomic mass is 10.7. The SMILES string of the molecule is CN(C)C(=N)N(C)C.CO. The highest BCUT2D eigenvalue weighted by atomic mass is 16.2. The average Bonchev–Trinajstić information content (AvgIpc) is 1.90. The lowest BCUT2D eigenvalue weighted by molar-refractivity contribution is 0.399. The monoisotopic (exact) mass is 147 g/mol. The lowest BCUT2D eigenvalue weighted by Gasteiger charge is -2.19. The first-order chi connectivity index (χ1) is 4.55. The van der Waals surface area contributed by atoms with Gasteiger partial charge in [0.2, 0.25) is 0 Å². The molecule has 4 heteroatoms. The Balaban J connectivity index is 0. The molecule has 0 fully saturated rings. The van der Waals surface area contributed by atoms with Crippen LogP contribution in [0.1, 0.15) is 0 Å². The van der Waals surface area contributed by atoms with E-state index in [4.69, 9.17) is 10.5 Å². The largest absolute Gasteiger partial charge is 0.400 e. The smallest absolute Gasteiger partial charge is 0.192 e. The van der Waals surface area contributed by atoms with Crippen LogP contribution in [0.25, 0.3) is 0 Å². The molecule has 0 saturated carbocycles. The van der Waals surface area contributed by atoms with Crippen LogP contribution < -0.4 is 0 Å². The normalized spacial score (nSPS) is 7.40. The summed E-state index contributed by atoms with van der Waals surface area (Å²) in [7, 11) is 8.40. The van der Waals surface area contributed by atoms with Gasteiger partial charge in [-0.3, -0.25) is 5.41 Å². The van der Waals surface area contributed by atoms with Crippen molar-refractivity contribution >= 4 is 5.96 Å². The number of nitrogens with one attached hydrogen (secondary N) is 1. The molecule has 0 spiro atoms. The Bertz CT molecular complexity index is 81.0. The fraction of sp³-hybridized carbons (Fsp3) is 0.833. The second kappa shape index (κ2) is 6.35. The summed E-state index contributed by atoms with van der Waals surface area (Å²) in [6.07, 6.45) is 0. The van der Waals surface area contributed by atoms with Gasteiger partial charge in [-0.15, -0.1) is 0 Å². The van der Waals surface area contributed by atoms with Crippen LogP contribution in [0.2, 0.25) is 0 Å². The van der Waals surface area contributed by atoms with E-state index in [9.17, 15) is 0 Å². The van der Waals surface area contributed by atoms with Gasteiger partial charge in [-0.1, -0.05) is 0 Å². The van der Waals surface area contributed by atoms with Crippen LogP contribution in [0.4, 0.5) is 0 Å². The Hall–Kier alpha value is -0.770. The van der Waals surface area contributed by atoms with Gasteiger partial charge < -0.3 is 14.9 Å². The zero-order valence-electron chi connectivity index (χ0n) is 7.34. The predicted octanol–water partition coefficient (Wildman–Crippen LogP) is -0.347. The first-order valence-corrected chi connectivity index (χ1v) is 2.93. The number of hydrogen-bond acceptors (Lipinski definition) is 2. The number of aliphatic hydroxyl groups is 1. The van der Waals surface area contributed by atoms with Crippen molar-refractivity contribution in [1.82, 2.24) is 9.80 Å². The molecule has 0 radical (unpaired) electrons. The maximum absolute atomic E-state index is 7.25. The van der Waals surface area contributed by atoms with Crippen molar-refractivity contribution in [3.8, 4) is 0 Å². The van der Waals surface area contributed by atoms with E-state index in [1.165, 1.54) is 0 Å². The standard InChI is InChI=1S/C5H13N3.CH4O/c1-7(2)5(6)8(3)4;1-2/h6H,1-4H3;2H,1H3. The van der Waals surface area contributed by atoms with E-state index in [-0.39, 0.29) is 0 Å². The van der Waals surface area contributed by atoms with Gasteiger partial charge in [0, 0.05) is 35.3 Å². The summed E-state index contributed by atoms with van der Waals surface area (Å²) >= 11 is 0. The van der Waals surface area contributed by atoms with Gasteiger partial charge in [0.05, 0.1) is 0 Å². The molecule has 0 unspecified atom stereocenters. The van der Waals surface area contributed by atoms with E-state index >= 15 is 0 Å². The molecule has 2 N–H and O–H groups in total. The van der Waals surface area contributed by atoms with Crippen molar-refractivity contribution in [2.75, 3.05) is 35.3 Å². The van der Waals surface area contributed by atoms with Gasteiger partial charge in [0.25, 0.3) is 0 Å². The fourth-order valence-electron chi connectivity index (χ4n) is 0.400. The average molecular weight is 147 g/mol. The molecule has 0 atom stereocenters. The fourth-order valence-corrected chi connectivity index (χ4v) is 0.400. The summed E-state index contributed by atoms with van der Waals surface area (Å²) in [5.41, 5.74) is 0. The Morgan fingerprint density at radius 3 is 1.20 bits per heavy atom. The van der Waals surface area contributed by atoms with Gasteiger partial charge in [0.15, 0.2) is 5.96 Å². The summed E-state index contributed by atoms with van der Waals surface area (Å²) in [6, 6.07) is 0. The highest BCUT2D eigenvalue weighted by Crippen LogP contribution is 1.80. The second-order valence-corrected chi connectivity index (χ2v) is 2.11. The molecule has 0 heterocycles. The van der Waals surface area contributed by atoms with Gasteiger partial charge in [-0.05, 0) is 0 Å². The van der Waals surface area contributed by atoms with E-state index in [1.54, 1.807) is 9.80 Å². The van der Waals surface area contributed by atoms with Crippen LogP contribution in [0.15, 0.2) is 0 Å². The third-order valence-corrected chi connectivity index (χ3v) is 0.847. The molecular formula is C6H17N3O. The first kappa shape index (κ1) is 12.0. The van der Waals surface area contributed by atoms with E-state index in [2.05, 4.69) is 0 Å². The molecule has 10 heavy (non-hydrogen) atoms. The van der Waals surface area contributed by atoms with Gasteiger partial charge in [0.1, 0.15) is 0 Å². The molecule has 0 aliphatic heterocycles. The molecule has 0 rings (SSSR count). The maximum atomic E-state index is 7.25. The molecule has 0 aromatic heterocycles. The third kappa shape index (κ3) is 5.37. The number of aliphatic hydroxyl groups excluding tert-OH is 1. The molecule has 4 nitrogen and oxygen atoms in total. The number of guanidine groups is 1. The van der Waals surface area contributed by atoms with Crippen LogP contribution in [0.3, 0.4) is 0 Å². The maximum Gasteiger partial charge on any atom is 0.192 e. The highest BCUT2D eigenvalue weighted by molar-refractivity contribution is 5.75. The number of hydrogen-bond donors (Lipinski definition) is 2. The minimum absolute atomic E-state index is 0.519. The Morgan fingerprint density at radius 1 is 1.00 bits per heavy atom. The van der Waals surface area contributed by atoms with Crippen LogP contribution in [0, 0.1) is 5.41 Å². The van der Waals surface area contributed by atoms with Crippen molar-refractivity contribution in [3.63, 3.8) is 0 Å². The zero-order valence-corrected chi connectivity index (χ0v) is 7.34. The van der Waals surface area contributed by atoms with E-state index < -0.39 is 0 Å². The van der Waals surface area contributed by atoms with Crippen molar-refractivity contribution < 1.29 is 5.11 Å². The molecule has 0 aromatic carbocycles. The third-order valence-electron chi connectivity index (χ3n) is 0.847. The molecule has 0 aromatic rings. The summed E-state index contributed by atoms with van der Waals surface area (Å²) in [5, 5.41) is 14.2. The number of rotatable bonds is 0. The van der Waals surface area contributed by atoms with Crippen LogP contribution in [-0.2, 0) is 0 Å². The molecule has 0 aliphatic rings. The van der Waals surface area contributed by atoms with Gasteiger partial charge in [-0.25, -0.2) is 0 Å². The van der Waals surface area contributed by atoms with Gasteiger partial charge >= 0.3 is 0 Å². The summed E-state index contributed by atoms with van der Waals surface area (Å²) in [5.74, 6) is 0.519. The van der Waals surface area contributed by atoms with E-state index in [0.29, 0.717) is 5.96 Å². The molecule has 0 amide bonds. The Kier molecular flexibility index (Phi) is 7.60. The molecule has 62 valence electrons. The molecular weight excluding hydrogens is 130 g/mol. The topological polar surface area (TPSA) is 50.6 Å². The minimum Gasteiger partial charge on any atom is -0.400 e. The summed E-state index contributed by atoms with van der Waals surface area (Å²) < 4.78 is 0. The minimum atomic E-state index is 0.519. The molecule has 0 saturated heterocycles. The van der Waals surface area contributed by atoms with E-state index in [1.807, 2.05) is 28.2 Å². The van der Waals surface area contributed by atoms with Crippen molar-refractivity contribution in [3.05, 3.63) is 0 Å². The Labute approximate surface area is 62.6 Å². The Morgan fingerprint density at radius 2 is 1.20 bits per heavy atom. The van der Waals surface area contributed by atoms with Crippen LogP contribution >= 0.6 is 0 Å². The second-order valence-electron chi connectivity index (χ2n) is 2.11. The van der Waals surface area contributed by atoms with Crippen LogP contribution in [-0.4, -0.2) is 56.2 Å². The highest BCUT2D eigenvalue weighted by Gasteiger charge is 1.97. The van der Waals surface area contributed by atoms with Crippen LogP contribution in [0.5, 0.6) is 0 Å². The van der Waals surface area contributed by atoms with Crippen molar-refractivity contribution in [1.29, 1.82) is 5.41 Å². The number of nitrogens with zero attached hydrogens (tertiary/aromatic N) is 2. The summed E-state index contributed by atoms with van der Waals surface area (Å²) in [4.78, 5) is 3.50. The predicted molar refractivity (Wildman–Crippen MR) is 43.2 cm³/mol. The zero-order chi connectivity index (χ0) is 8.73. The quantitative estimate of drug-likeness (QED) is 0.364. The lowest BCUT2D eigenvalue weighted by Crippen LogP contribution is -2.34. The molecule has 0 bridgehead atoms. The molecule has 0 aliphatic carbocycles. The van der Waals surface area contributed by atoms with E-state index in [0.717, 1.165) is 7.11 Å². The first-order valence-electron chi connectivity index (χ1n) is 2.93. The van der Waals surface area contributed by atoms with Crippen molar-refractivity contribution in [2.24, 2.45) is 0 Å². The van der Waals surface area contributed by atoms with Crippen molar-refractivity contribution in [2.45, 2.75) is 0 Å². The van der Waals surface area contributed by atoms with Gasteiger partial charge in [-0.2, -0.15) is 0 Å².